The van der Waals surface area contributed by atoms with Gasteiger partial charge in [-0.15, -0.1) is 11.3 Å². The van der Waals surface area contributed by atoms with Crippen LogP contribution in [0, 0.1) is 5.82 Å². The van der Waals surface area contributed by atoms with E-state index in [1.807, 2.05) is 0 Å². The number of rotatable bonds is 8. The second kappa shape index (κ2) is 10.9. The van der Waals surface area contributed by atoms with Crippen molar-refractivity contribution in [3.63, 3.8) is 0 Å². The molecular formula is C22H18BrFN2O6S. The van der Waals surface area contributed by atoms with Gasteiger partial charge in [-0.3, -0.25) is 9.59 Å². The summed E-state index contributed by atoms with van der Waals surface area (Å²) in [6, 6.07) is 10.2. The highest BCUT2D eigenvalue weighted by Crippen LogP contribution is 2.34. The highest BCUT2D eigenvalue weighted by atomic mass is 79.9. The summed E-state index contributed by atoms with van der Waals surface area (Å²) < 4.78 is 30.0. The van der Waals surface area contributed by atoms with E-state index >= 15 is 0 Å². The molecule has 0 aliphatic rings. The van der Waals surface area contributed by atoms with Crippen LogP contribution in [0.4, 0.5) is 15.8 Å². The van der Waals surface area contributed by atoms with E-state index in [1.54, 1.807) is 23.6 Å². The van der Waals surface area contributed by atoms with E-state index in [4.69, 9.17) is 14.2 Å². The Kier molecular flexibility index (Phi) is 8.01. The Morgan fingerprint density at radius 3 is 2.36 bits per heavy atom. The molecule has 2 amide bonds. The number of esters is 1. The fourth-order valence-electron chi connectivity index (χ4n) is 2.73. The number of thiophene rings is 1. The predicted molar refractivity (Wildman–Crippen MR) is 125 cm³/mol. The molecule has 0 atom stereocenters. The highest BCUT2D eigenvalue weighted by Gasteiger charge is 2.21. The van der Waals surface area contributed by atoms with Gasteiger partial charge in [0.05, 0.1) is 36.0 Å². The van der Waals surface area contributed by atoms with Gasteiger partial charge in [0, 0.05) is 16.6 Å². The third-order valence-corrected chi connectivity index (χ3v) is 5.64. The fourth-order valence-corrected chi connectivity index (χ4v) is 3.68. The van der Waals surface area contributed by atoms with Crippen LogP contribution in [0.2, 0.25) is 0 Å². The SMILES string of the molecule is COc1cc(NC(=O)c2cccs2)c(C(=O)OCC(=O)Nc2ccc(Br)cc2F)cc1OC. The number of carbonyl (C=O) groups excluding carboxylic acids is 3. The molecule has 0 aliphatic carbocycles. The lowest BCUT2D eigenvalue weighted by Crippen LogP contribution is -2.22. The van der Waals surface area contributed by atoms with Crippen molar-refractivity contribution < 1.29 is 33.0 Å². The van der Waals surface area contributed by atoms with Crippen molar-refractivity contribution in [3.8, 4) is 11.5 Å². The first-order valence-corrected chi connectivity index (χ1v) is 11.0. The normalized spacial score (nSPS) is 10.3. The minimum Gasteiger partial charge on any atom is -0.493 e. The molecule has 2 aromatic carbocycles. The first-order valence-electron chi connectivity index (χ1n) is 9.35. The zero-order chi connectivity index (χ0) is 24.0. The number of hydrogen-bond donors (Lipinski definition) is 2. The molecule has 0 saturated carbocycles. The number of hydrogen-bond acceptors (Lipinski definition) is 7. The number of amides is 2. The van der Waals surface area contributed by atoms with Crippen molar-refractivity contribution >= 4 is 56.4 Å². The molecule has 1 heterocycles. The van der Waals surface area contributed by atoms with Crippen LogP contribution in [-0.2, 0) is 9.53 Å². The van der Waals surface area contributed by atoms with Crippen LogP contribution in [0.25, 0.3) is 0 Å². The number of ether oxygens (including phenoxy) is 3. The van der Waals surface area contributed by atoms with Gasteiger partial charge < -0.3 is 24.8 Å². The molecule has 0 fully saturated rings. The van der Waals surface area contributed by atoms with E-state index in [2.05, 4.69) is 26.6 Å². The molecule has 0 spiro atoms. The smallest absolute Gasteiger partial charge is 0.340 e. The maximum Gasteiger partial charge on any atom is 0.340 e. The van der Waals surface area contributed by atoms with Gasteiger partial charge in [0.1, 0.15) is 5.82 Å². The second-order valence-electron chi connectivity index (χ2n) is 6.43. The summed E-state index contributed by atoms with van der Waals surface area (Å²) in [5.41, 5.74) is -0.00939. The van der Waals surface area contributed by atoms with Crippen LogP contribution in [-0.4, -0.2) is 38.6 Å². The Morgan fingerprint density at radius 1 is 1.00 bits per heavy atom. The zero-order valence-electron chi connectivity index (χ0n) is 17.4. The van der Waals surface area contributed by atoms with Gasteiger partial charge >= 0.3 is 5.97 Å². The highest BCUT2D eigenvalue weighted by molar-refractivity contribution is 9.10. The fraction of sp³-hybridized carbons (Fsp3) is 0.136. The van der Waals surface area contributed by atoms with Gasteiger partial charge in [-0.05, 0) is 29.6 Å². The maximum absolute atomic E-state index is 13.9. The molecule has 0 unspecified atom stereocenters. The standard InChI is InChI=1S/C22H18BrFN2O6S/c1-30-17-9-13(16(10-18(17)31-2)26-21(28)19-4-3-7-33-19)22(29)32-11-20(27)25-15-6-5-12(23)8-14(15)24/h3-10H,11H2,1-2H3,(H,25,27)(H,26,28). The Labute approximate surface area is 200 Å². The van der Waals surface area contributed by atoms with E-state index in [0.717, 1.165) is 0 Å². The van der Waals surface area contributed by atoms with Crippen LogP contribution < -0.4 is 20.1 Å². The van der Waals surface area contributed by atoms with Crippen molar-refractivity contribution in [3.05, 3.63) is 68.6 Å². The van der Waals surface area contributed by atoms with Crippen molar-refractivity contribution in [2.24, 2.45) is 0 Å². The number of benzene rings is 2. The lowest BCUT2D eigenvalue weighted by Gasteiger charge is -2.15. The lowest BCUT2D eigenvalue weighted by molar-refractivity contribution is -0.119. The average molecular weight is 537 g/mol. The molecular weight excluding hydrogens is 519 g/mol. The Balaban J connectivity index is 1.77. The summed E-state index contributed by atoms with van der Waals surface area (Å²) in [6.45, 7) is -0.680. The maximum atomic E-state index is 13.9. The topological polar surface area (TPSA) is 103 Å². The summed E-state index contributed by atoms with van der Waals surface area (Å²) >= 11 is 4.35. The number of carbonyl (C=O) groups is 3. The molecule has 0 bridgehead atoms. The van der Waals surface area contributed by atoms with Gasteiger partial charge in [-0.25, -0.2) is 9.18 Å². The molecule has 172 valence electrons. The number of methoxy groups -OCH3 is 2. The van der Waals surface area contributed by atoms with Crippen molar-refractivity contribution in [1.29, 1.82) is 0 Å². The van der Waals surface area contributed by atoms with E-state index in [9.17, 15) is 18.8 Å². The molecule has 0 saturated heterocycles. The van der Waals surface area contributed by atoms with Gasteiger partial charge in [-0.2, -0.15) is 0 Å². The molecule has 0 radical (unpaired) electrons. The molecule has 3 aromatic rings. The minimum atomic E-state index is -0.899. The number of anilines is 2. The van der Waals surface area contributed by atoms with Crippen LogP contribution in [0.1, 0.15) is 20.0 Å². The average Bonchev–Trinajstić information content (AvgIpc) is 3.34. The third-order valence-electron chi connectivity index (χ3n) is 4.28. The molecule has 8 nitrogen and oxygen atoms in total. The first kappa shape index (κ1) is 24.2. The molecule has 33 heavy (non-hydrogen) atoms. The van der Waals surface area contributed by atoms with Crippen molar-refractivity contribution in [1.82, 2.24) is 0 Å². The zero-order valence-corrected chi connectivity index (χ0v) is 19.8. The monoisotopic (exact) mass is 536 g/mol. The molecule has 3 rings (SSSR count). The number of nitrogens with one attached hydrogen (secondary N) is 2. The van der Waals surface area contributed by atoms with Crippen LogP contribution in [0.3, 0.4) is 0 Å². The largest absolute Gasteiger partial charge is 0.493 e. The Morgan fingerprint density at radius 2 is 1.73 bits per heavy atom. The van der Waals surface area contributed by atoms with Crippen molar-refractivity contribution in [2.45, 2.75) is 0 Å². The quantitative estimate of drug-likeness (QED) is 0.404. The predicted octanol–water partition coefficient (Wildman–Crippen LogP) is 4.71. The third kappa shape index (κ3) is 6.08. The van der Waals surface area contributed by atoms with Gasteiger partial charge in [0.15, 0.2) is 18.1 Å². The van der Waals surface area contributed by atoms with Crippen molar-refractivity contribution in [2.75, 3.05) is 31.5 Å². The summed E-state index contributed by atoms with van der Waals surface area (Å²) in [4.78, 5) is 37.8. The van der Waals surface area contributed by atoms with E-state index in [1.165, 1.54) is 49.8 Å². The summed E-state index contributed by atoms with van der Waals surface area (Å²) in [6.07, 6.45) is 0. The summed E-state index contributed by atoms with van der Waals surface area (Å²) in [7, 11) is 2.80. The summed E-state index contributed by atoms with van der Waals surface area (Å²) in [5, 5.41) is 6.71. The summed E-state index contributed by atoms with van der Waals surface area (Å²) in [5.74, 6) is -2.23. The minimum absolute atomic E-state index is 0.0554. The van der Waals surface area contributed by atoms with E-state index in [0.29, 0.717) is 9.35 Å². The van der Waals surface area contributed by atoms with E-state index < -0.39 is 30.2 Å². The molecule has 2 N–H and O–H groups in total. The molecule has 1 aromatic heterocycles. The van der Waals surface area contributed by atoms with Crippen LogP contribution >= 0.6 is 27.3 Å². The molecule has 11 heteroatoms. The van der Waals surface area contributed by atoms with Crippen LogP contribution in [0.5, 0.6) is 11.5 Å². The van der Waals surface area contributed by atoms with E-state index in [-0.39, 0.29) is 28.4 Å². The first-order chi connectivity index (χ1) is 15.8. The molecule has 0 aliphatic heterocycles. The van der Waals surface area contributed by atoms with Gasteiger partial charge in [0.25, 0.3) is 11.8 Å². The Bertz CT molecular complexity index is 1190. The second-order valence-corrected chi connectivity index (χ2v) is 8.30. The lowest BCUT2D eigenvalue weighted by atomic mass is 10.1. The van der Waals surface area contributed by atoms with Gasteiger partial charge in [0.2, 0.25) is 0 Å². The van der Waals surface area contributed by atoms with Gasteiger partial charge in [-0.1, -0.05) is 22.0 Å². The Hall–Kier alpha value is -3.44. The van der Waals surface area contributed by atoms with Crippen LogP contribution in [0.15, 0.2) is 52.3 Å². The number of halogens is 2.